The number of hydrogen-bond donors (Lipinski definition) is 3. The van der Waals surface area contributed by atoms with Crippen LogP contribution in [0.2, 0.25) is 0 Å². The highest BCUT2D eigenvalue weighted by molar-refractivity contribution is 6.07. The lowest BCUT2D eigenvalue weighted by molar-refractivity contribution is -0.128. The van der Waals surface area contributed by atoms with Crippen molar-refractivity contribution in [2.45, 2.75) is 44.4 Å². The summed E-state index contributed by atoms with van der Waals surface area (Å²) < 4.78 is 39.8. The Hall–Kier alpha value is -7.30. The van der Waals surface area contributed by atoms with Crippen LogP contribution in [-0.4, -0.2) is 107 Å². The molecule has 0 aliphatic carbocycles. The van der Waals surface area contributed by atoms with E-state index >= 15 is 0 Å². The minimum Gasteiger partial charge on any atom is -0.456 e. The maximum Gasteiger partial charge on any atom is 0.340 e. The van der Waals surface area contributed by atoms with Gasteiger partial charge in [-0.15, -0.1) is 0 Å². The van der Waals surface area contributed by atoms with E-state index in [9.17, 15) is 23.6 Å². The molecule has 0 unspecified atom stereocenters. The average molecular weight is 926 g/mol. The SMILES string of the molecule is CCC(CC)(NC(=O)c1nn(Cc2cccc(F)c2)c2ccccc12)C(=O)NCCOCCOCCNC(=O)c1ccc2c(c1)C1(OC2=O)c2ccc(N(C)C)cc2Oc2cc(N(C)C)ccc21. The van der Waals surface area contributed by atoms with Crippen LogP contribution in [0.3, 0.4) is 0 Å². The van der Waals surface area contributed by atoms with Gasteiger partial charge >= 0.3 is 5.97 Å². The number of carbonyl (C=O) groups is 4. The fraction of sp³-hybridized carbons (Fsp3) is 0.327. The summed E-state index contributed by atoms with van der Waals surface area (Å²) >= 11 is 0. The van der Waals surface area contributed by atoms with Crippen molar-refractivity contribution in [1.29, 1.82) is 0 Å². The molecular formula is C52H56FN7O8. The Morgan fingerprint density at radius 1 is 0.735 bits per heavy atom. The molecule has 3 amide bonds. The average Bonchev–Trinajstić information content (AvgIpc) is 3.85. The molecule has 0 saturated heterocycles. The zero-order valence-electron chi connectivity index (χ0n) is 39.1. The Morgan fingerprint density at radius 3 is 2.01 bits per heavy atom. The van der Waals surface area contributed by atoms with Gasteiger partial charge in [0.1, 0.15) is 22.9 Å². The van der Waals surface area contributed by atoms with Crippen molar-refractivity contribution in [2.75, 3.05) is 77.5 Å². The van der Waals surface area contributed by atoms with E-state index in [0.29, 0.717) is 68.6 Å². The minimum absolute atomic E-state index is 0.175. The van der Waals surface area contributed by atoms with Gasteiger partial charge in [0.2, 0.25) is 5.91 Å². The number of anilines is 2. The molecule has 1 aromatic heterocycles. The smallest absolute Gasteiger partial charge is 0.340 e. The van der Waals surface area contributed by atoms with Crippen molar-refractivity contribution < 1.29 is 42.5 Å². The Kier molecular flexibility index (Phi) is 13.8. The van der Waals surface area contributed by atoms with Crippen molar-refractivity contribution in [2.24, 2.45) is 0 Å². The summed E-state index contributed by atoms with van der Waals surface area (Å²) in [5.74, 6) is -0.922. The summed E-state index contributed by atoms with van der Waals surface area (Å²) in [5, 5.41) is 14.0. The molecule has 6 aromatic rings. The largest absolute Gasteiger partial charge is 0.456 e. The molecule has 15 nitrogen and oxygen atoms in total. The van der Waals surface area contributed by atoms with Gasteiger partial charge in [0.05, 0.1) is 44.1 Å². The standard InChI is InChI=1S/C52H56FN7O8/c1-7-51(8-2,56-48(62)46-39-14-9-10-15-43(39)60(57-46)32-33-12-11-13-35(53)28-33)50(64)55-23-25-66-27-26-65-24-22-54-47(61)34-16-19-38-42(29-34)52(68-49(38)63)40-20-17-36(58(3)4)30-44(40)67-45-31-37(59(5)6)18-21-41(45)52/h9-21,28-31H,7-8,22-27,32H2,1-6H3,(H,54,61)(H,55,64)(H,56,62). The van der Waals surface area contributed by atoms with Crippen molar-refractivity contribution in [3.8, 4) is 11.5 Å². The Balaban J connectivity index is 0.816. The lowest BCUT2D eigenvalue weighted by atomic mass is 9.77. The van der Waals surface area contributed by atoms with Gasteiger partial charge in [-0.3, -0.25) is 19.1 Å². The lowest BCUT2D eigenvalue weighted by Gasteiger charge is -2.37. The fourth-order valence-corrected chi connectivity index (χ4v) is 8.77. The molecule has 0 bridgehead atoms. The molecular weight excluding hydrogens is 870 g/mol. The zero-order chi connectivity index (χ0) is 48.2. The summed E-state index contributed by atoms with van der Waals surface area (Å²) in [5.41, 5.74) is 3.46. The van der Waals surface area contributed by atoms with E-state index < -0.39 is 23.0 Å². The topological polar surface area (TPSA) is 166 Å². The molecule has 0 saturated carbocycles. The fourth-order valence-electron chi connectivity index (χ4n) is 8.77. The number of esters is 1. The molecule has 3 N–H and O–H groups in total. The Bertz CT molecular complexity index is 2820. The Labute approximate surface area is 394 Å². The zero-order valence-corrected chi connectivity index (χ0v) is 39.1. The summed E-state index contributed by atoms with van der Waals surface area (Å²) in [4.78, 5) is 58.4. The predicted molar refractivity (Wildman–Crippen MR) is 256 cm³/mol. The number of carbonyl (C=O) groups excluding carboxylic acids is 4. The van der Waals surface area contributed by atoms with Gasteiger partial charge in [-0.1, -0.05) is 44.2 Å². The maximum absolute atomic E-state index is 13.9. The van der Waals surface area contributed by atoms with Gasteiger partial charge in [0.25, 0.3) is 11.8 Å². The number of aromatic nitrogens is 2. The van der Waals surface area contributed by atoms with Crippen LogP contribution in [0.5, 0.6) is 11.5 Å². The van der Waals surface area contributed by atoms with Crippen LogP contribution in [0, 0.1) is 5.82 Å². The number of halogens is 1. The molecule has 0 radical (unpaired) electrons. The van der Waals surface area contributed by atoms with Gasteiger partial charge in [0.15, 0.2) is 11.3 Å². The second-order valence-corrected chi connectivity index (χ2v) is 17.2. The van der Waals surface area contributed by atoms with E-state index in [1.165, 1.54) is 12.1 Å². The minimum atomic E-state index is -1.34. The third-order valence-corrected chi connectivity index (χ3v) is 12.6. The first-order valence-corrected chi connectivity index (χ1v) is 22.7. The van der Waals surface area contributed by atoms with Gasteiger partial charge < -0.3 is 44.7 Å². The van der Waals surface area contributed by atoms with Crippen LogP contribution in [0.15, 0.2) is 103 Å². The van der Waals surface area contributed by atoms with E-state index in [0.717, 1.165) is 11.4 Å². The van der Waals surface area contributed by atoms with Crippen molar-refractivity contribution >= 4 is 46.0 Å². The molecule has 0 fully saturated rings. The first-order chi connectivity index (χ1) is 32.8. The molecule has 3 heterocycles. The molecule has 354 valence electrons. The third kappa shape index (κ3) is 9.21. The van der Waals surface area contributed by atoms with Gasteiger partial charge in [0, 0.05) is 92.4 Å². The van der Waals surface area contributed by atoms with Crippen LogP contribution in [-0.2, 0) is 31.2 Å². The number of nitrogens with zero attached hydrogens (tertiary/aromatic N) is 4. The van der Waals surface area contributed by atoms with Crippen LogP contribution >= 0.6 is 0 Å². The Morgan fingerprint density at radius 2 is 1.38 bits per heavy atom. The summed E-state index contributed by atoms with van der Waals surface area (Å²) in [7, 11) is 7.76. The van der Waals surface area contributed by atoms with Gasteiger partial charge in [-0.25, -0.2) is 9.18 Å². The van der Waals surface area contributed by atoms with Crippen LogP contribution in [0.4, 0.5) is 15.8 Å². The van der Waals surface area contributed by atoms with Crippen molar-refractivity contribution in [1.82, 2.24) is 25.7 Å². The molecule has 5 aromatic carbocycles. The number of ether oxygens (including phenoxy) is 4. The van der Waals surface area contributed by atoms with E-state index in [1.54, 1.807) is 41.1 Å². The summed E-state index contributed by atoms with van der Waals surface area (Å²) in [6.07, 6.45) is 0.675. The second kappa shape index (κ2) is 19.9. The number of fused-ring (bicyclic) bond motifs is 7. The van der Waals surface area contributed by atoms with Gasteiger partial charge in [-0.05, 0) is 79.1 Å². The third-order valence-electron chi connectivity index (χ3n) is 12.6. The molecule has 16 heteroatoms. The second-order valence-electron chi connectivity index (χ2n) is 17.2. The summed E-state index contributed by atoms with van der Waals surface area (Å²) in [6.45, 7) is 5.29. The quantitative estimate of drug-likeness (QED) is 0.0579. The highest BCUT2D eigenvalue weighted by Gasteiger charge is 2.54. The molecule has 2 aliphatic heterocycles. The van der Waals surface area contributed by atoms with Crippen LogP contribution in [0.1, 0.15) is 80.1 Å². The van der Waals surface area contributed by atoms with E-state index in [4.69, 9.17) is 18.9 Å². The number of amides is 3. The first-order valence-electron chi connectivity index (χ1n) is 22.7. The van der Waals surface area contributed by atoms with Crippen LogP contribution in [0.25, 0.3) is 10.9 Å². The number of benzene rings is 5. The van der Waals surface area contributed by atoms with Gasteiger partial charge in [-0.2, -0.15) is 5.10 Å². The normalized spacial score (nSPS) is 13.2. The number of hydrogen-bond acceptors (Lipinski definition) is 11. The molecule has 68 heavy (non-hydrogen) atoms. The predicted octanol–water partition coefficient (Wildman–Crippen LogP) is 6.79. The summed E-state index contributed by atoms with van der Waals surface area (Å²) in [6, 6.07) is 30.0. The number of para-hydroxylation sites is 1. The van der Waals surface area contributed by atoms with Crippen molar-refractivity contribution in [3.63, 3.8) is 0 Å². The van der Waals surface area contributed by atoms with E-state index in [-0.39, 0.29) is 69.4 Å². The molecule has 2 aliphatic rings. The van der Waals surface area contributed by atoms with E-state index in [1.807, 2.05) is 106 Å². The lowest BCUT2D eigenvalue weighted by Crippen LogP contribution is -2.58. The molecule has 8 rings (SSSR count). The highest BCUT2D eigenvalue weighted by Crippen LogP contribution is 2.57. The van der Waals surface area contributed by atoms with Crippen molar-refractivity contribution in [3.05, 3.63) is 148 Å². The number of nitrogens with one attached hydrogen (secondary N) is 3. The maximum atomic E-state index is 13.9. The number of rotatable bonds is 19. The molecule has 0 atom stereocenters. The first kappa shape index (κ1) is 47.2. The molecule has 1 spiro atoms. The van der Waals surface area contributed by atoms with Crippen LogP contribution < -0.4 is 30.5 Å². The van der Waals surface area contributed by atoms with E-state index in [2.05, 4.69) is 21.0 Å². The monoisotopic (exact) mass is 925 g/mol. The highest BCUT2D eigenvalue weighted by atomic mass is 19.1.